The highest BCUT2D eigenvalue weighted by molar-refractivity contribution is 5.86. The molecule has 0 bridgehead atoms. The number of cyclic esters (lactones) is 1. The average Bonchev–Trinajstić information content (AvgIpc) is 3.34. The van der Waals surface area contributed by atoms with Crippen molar-refractivity contribution < 1.29 is 38.5 Å². The minimum atomic E-state index is -0.941. The lowest BCUT2D eigenvalue weighted by Crippen LogP contribution is -2.45. The molecule has 11 heteroatoms. The van der Waals surface area contributed by atoms with Crippen LogP contribution in [0.15, 0.2) is 60.7 Å². The quantitative estimate of drug-likeness (QED) is 0.183. The van der Waals surface area contributed by atoms with Gasteiger partial charge in [0.1, 0.15) is 18.8 Å². The predicted molar refractivity (Wildman–Crippen MR) is 163 cm³/mol. The summed E-state index contributed by atoms with van der Waals surface area (Å²) < 4.78 is 16.3. The van der Waals surface area contributed by atoms with Gasteiger partial charge in [0, 0.05) is 18.9 Å². The zero-order valence-electron chi connectivity index (χ0n) is 25.0. The number of amides is 3. The highest BCUT2D eigenvalue weighted by atomic mass is 16.6. The van der Waals surface area contributed by atoms with Crippen molar-refractivity contribution >= 4 is 23.9 Å². The summed E-state index contributed by atoms with van der Waals surface area (Å²) in [5.41, 5.74) is 4.42. The van der Waals surface area contributed by atoms with Crippen LogP contribution in [0.4, 0.5) is 4.79 Å². The summed E-state index contributed by atoms with van der Waals surface area (Å²) in [5.74, 6) is -1.95. The van der Waals surface area contributed by atoms with Gasteiger partial charge in [-0.1, -0.05) is 60.7 Å². The fraction of sp³-hybridized carbons (Fsp3) is 0.455. The van der Waals surface area contributed by atoms with Crippen LogP contribution < -0.4 is 16.0 Å². The van der Waals surface area contributed by atoms with E-state index in [9.17, 15) is 19.2 Å². The Kier molecular flexibility index (Phi) is 12.3. The van der Waals surface area contributed by atoms with Gasteiger partial charge in [-0.2, -0.15) is 0 Å². The van der Waals surface area contributed by atoms with Crippen molar-refractivity contribution in [1.29, 1.82) is 0 Å². The normalized spacial score (nSPS) is 20.5. The molecule has 0 saturated carbocycles. The molecule has 1 aliphatic heterocycles. The number of nitrogens with one attached hydrogen (secondary N) is 3. The van der Waals surface area contributed by atoms with Crippen LogP contribution in [-0.4, -0.2) is 80.6 Å². The van der Waals surface area contributed by atoms with Crippen LogP contribution in [0.2, 0.25) is 0 Å². The molecule has 3 unspecified atom stereocenters. The van der Waals surface area contributed by atoms with E-state index in [-0.39, 0.29) is 70.1 Å². The molecule has 44 heavy (non-hydrogen) atoms. The van der Waals surface area contributed by atoms with E-state index in [1.807, 2.05) is 42.5 Å². The monoisotopic (exact) mass is 607 g/mol. The van der Waals surface area contributed by atoms with Crippen molar-refractivity contribution in [3.63, 3.8) is 0 Å². The van der Waals surface area contributed by atoms with E-state index < -0.39 is 30.1 Å². The summed E-state index contributed by atoms with van der Waals surface area (Å²) in [6.45, 7) is 2.45. The van der Waals surface area contributed by atoms with E-state index >= 15 is 0 Å². The Bertz CT molecular complexity index is 1280. The van der Waals surface area contributed by atoms with Gasteiger partial charge in [-0.05, 0) is 48.4 Å². The van der Waals surface area contributed by atoms with Gasteiger partial charge in [-0.15, -0.1) is 0 Å². The first-order chi connectivity index (χ1) is 21.4. The van der Waals surface area contributed by atoms with Gasteiger partial charge < -0.3 is 35.3 Å². The van der Waals surface area contributed by atoms with Crippen LogP contribution in [0, 0.1) is 5.92 Å². The molecular weight excluding hydrogens is 566 g/mol. The number of esters is 1. The number of allylic oxidation sites excluding steroid dienone is 2. The molecule has 2 aromatic rings. The summed E-state index contributed by atoms with van der Waals surface area (Å²) in [6.07, 6.45) is 3.26. The molecular formula is C33H41N3O8. The zero-order chi connectivity index (χ0) is 31.3. The topological polar surface area (TPSA) is 152 Å². The SMILES string of the molecule is CC1CNC(=O)C(CC(=O)NCCOCCO)CC=CCCC(NC(=O)OCC2c3ccccc3-c3ccccc32)C(=O)O1. The van der Waals surface area contributed by atoms with E-state index in [2.05, 4.69) is 28.1 Å². The smallest absolute Gasteiger partial charge is 0.407 e. The Morgan fingerprint density at radius 2 is 1.73 bits per heavy atom. The third-order valence-corrected chi connectivity index (χ3v) is 7.62. The predicted octanol–water partition coefficient (Wildman–Crippen LogP) is 2.81. The number of benzene rings is 2. The summed E-state index contributed by atoms with van der Waals surface area (Å²) >= 11 is 0. The summed E-state index contributed by atoms with van der Waals surface area (Å²) in [7, 11) is 0. The molecule has 3 atom stereocenters. The Balaban J connectivity index is 1.32. The standard InChI is InChI=1S/C33H41N3O8/c1-22-20-35-31(39)23(19-30(38)34-15-17-42-18-16-37)9-3-2-4-14-29(32(40)44-22)36-33(41)43-21-28-26-12-7-5-10-24(26)25-11-6-8-13-27(25)28/h2-3,5-8,10-13,22-23,28-29,37H,4,9,14-21H2,1H3,(H,34,38)(H,35,39)(H,36,41). The molecule has 0 radical (unpaired) electrons. The Labute approximate surface area is 257 Å². The van der Waals surface area contributed by atoms with Gasteiger partial charge in [0.05, 0.1) is 32.3 Å². The first-order valence-electron chi connectivity index (χ1n) is 15.1. The van der Waals surface area contributed by atoms with Gasteiger partial charge in [-0.25, -0.2) is 9.59 Å². The molecule has 2 aromatic carbocycles. The van der Waals surface area contributed by atoms with Gasteiger partial charge in [0.2, 0.25) is 11.8 Å². The average molecular weight is 608 g/mol. The van der Waals surface area contributed by atoms with Gasteiger partial charge in [0.25, 0.3) is 0 Å². The maximum atomic E-state index is 13.0. The molecule has 0 spiro atoms. The van der Waals surface area contributed by atoms with Crippen LogP contribution in [-0.2, 0) is 28.6 Å². The highest BCUT2D eigenvalue weighted by Gasteiger charge is 2.30. The maximum Gasteiger partial charge on any atom is 0.407 e. The lowest BCUT2D eigenvalue weighted by Gasteiger charge is -2.21. The zero-order valence-corrected chi connectivity index (χ0v) is 25.0. The van der Waals surface area contributed by atoms with Crippen LogP contribution >= 0.6 is 0 Å². The minimum Gasteiger partial charge on any atom is -0.459 e. The number of rotatable bonds is 10. The number of aliphatic hydroxyl groups is 1. The van der Waals surface area contributed by atoms with Crippen molar-refractivity contribution in [3.05, 3.63) is 71.8 Å². The Morgan fingerprint density at radius 3 is 2.43 bits per heavy atom. The maximum absolute atomic E-state index is 13.0. The lowest BCUT2D eigenvalue weighted by atomic mass is 9.98. The Hall–Kier alpha value is -4.22. The third-order valence-electron chi connectivity index (χ3n) is 7.62. The molecule has 0 saturated heterocycles. The molecule has 4 rings (SSSR count). The number of hydrogen-bond acceptors (Lipinski definition) is 8. The summed E-state index contributed by atoms with van der Waals surface area (Å²) in [5, 5.41) is 16.9. The molecule has 1 aliphatic carbocycles. The van der Waals surface area contributed by atoms with Crippen LogP contribution in [0.3, 0.4) is 0 Å². The molecule has 2 aliphatic rings. The fourth-order valence-electron chi connectivity index (χ4n) is 5.39. The number of hydrogen-bond donors (Lipinski definition) is 4. The highest BCUT2D eigenvalue weighted by Crippen LogP contribution is 2.44. The number of aliphatic hydroxyl groups excluding tert-OH is 1. The Morgan fingerprint density at radius 1 is 1.02 bits per heavy atom. The number of ether oxygens (including phenoxy) is 3. The second kappa shape index (κ2) is 16.6. The minimum absolute atomic E-state index is 0.0176. The van der Waals surface area contributed by atoms with E-state index in [0.717, 1.165) is 22.3 Å². The van der Waals surface area contributed by atoms with Crippen molar-refractivity contribution in [3.8, 4) is 11.1 Å². The molecule has 1 heterocycles. The fourth-order valence-corrected chi connectivity index (χ4v) is 5.39. The summed E-state index contributed by atoms with van der Waals surface area (Å²) in [4.78, 5) is 51.1. The molecule has 0 fully saturated rings. The van der Waals surface area contributed by atoms with Crippen molar-refractivity contribution in [2.75, 3.05) is 39.5 Å². The molecule has 236 valence electrons. The van der Waals surface area contributed by atoms with E-state index in [1.165, 1.54) is 0 Å². The second-order valence-electron chi connectivity index (χ2n) is 10.9. The first-order valence-corrected chi connectivity index (χ1v) is 15.1. The number of carbonyl (C=O) groups excluding carboxylic acids is 4. The number of alkyl carbamates (subject to hydrolysis) is 1. The van der Waals surface area contributed by atoms with E-state index in [4.69, 9.17) is 19.3 Å². The van der Waals surface area contributed by atoms with Crippen molar-refractivity contribution in [2.24, 2.45) is 5.92 Å². The van der Waals surface area contributed by atoms with Gasteiger partial charge in [-0.3, -0.25) is 9.59 Å². The molecule has 0 aromatic heterocycles. The van der Waals surface area contributed by atoms with Crippen LogP contribution in [0.1, 0.15) is 49.7 Å². The van der Waals surface area contributed by atoms with Crippen LogP contribution in [0.5, 0.6) is 0 Å². The lowest BCUT2D eigenvalue weighted by molar-refractivity contribution is -0.151. The van der Waals surface area contributed by atoms with E-state index in [0.29, 0.717) is 12.8 Å². The van der Waals surface area contributed by atoms with Gasteiger partial charge in [0.15, 0.2) is 0 Å². The van der Waals surface area contributed by atoms with Crippen LogP contribution in [0.25, 0.3) is 11.1 Å². The molecule has 3 amide bonds. The third kappa shape index (κ3) is 9.14. The van der Waals surface area contributed by atoms with E-state index in [1.54, 1.807) is 13.0 Å². The molecule has 11 nitrogen and oxygen atoms in total. The van der Waals surface area contributed by atoms with Gasteiger partial charge >= 0.3 is 12.1 Å². The largest absolute Gasteiger partial charge is 0.459 e. The molecule has 4 N–H and O–H groups in total. The number of fused-ring (bicyclic) bond motifs is 3. The second-order valence-corrected chi connectivity index (χ2v) is 10.9. The first kappa shape index (κ1) is 32.7. The summed E-state index contributed by atoms with van der Waals surface area (Å²) in [6, 6.07) is 15.2. The van der Waals surface area contributed by atoms with Crippen molar-refractivity contribution in [2.45, 2.75) is 50.7 Å². The number of carbonyl (C=O) groups is 4. The van der Waals surface area contributed by atoms with Crippen molar-refractivity contribution in [1.82, 2.24) is 16.0 Å².